The largest absolute Gasteiger partial charge is 0.458 e. The molecular formula is C15H19ClN2O. The van der Waals surface area contributed by atoms with Gasteiger partial charge in [0.15, 0.2) is 5.58 Å². The van der Waals surface area contributed by atoms with Crippen LogP contribution in [0, 0.1) is 11.8 Å². The summed E-state index contributed by atoms with van der Waals surface area (Å²) in [5, 5.41) is 1.69. The van der Waals surface area contributed by atoms with Crippen LogP contribution in [-0.2, 0) is 0 Å². The lowest BCUT2D eigenvalue weighted by Gasteiger charge is -2.20. The lowest BCUT2D eigenvalue weighted by molar-refractivity contribution is 0.317. The molecule has 102 valence electrons. The van der Waals surface area contributed by atoms with Crippen molar-refractivity contribution in [3.63, 3.8) is 0 Å². The van der Waals surface area contributed by atoms with Crippen molar-refractivity contribution in [1.82, 2.24) is 5.43 Å². The minimum atomic E-state index is 0.0772. The molecular weight excluding hydrogens is 260 g/mol. The Balaban J connectivity index is 1.95. The molecule has 3 atom stereocenters. The molecule has 0 radical (unpaired) electrons. The second kappa shape index (κ2) is 5.16. The lowest BCUT2D eigenvalue weighted by Crippen LogP contribution is -2.32. The molecule has 3 N–H and O–H groups in total. The van der Waals surface area contributed by atoms with Crippen LogP contribution in [0.1, 0.15) is 38.0 Å². The highest BCUT2D eigenvalue weighted by molar-refractivity contribution is 6.34. The van der Waals surface area contributed by atoms with Gasteiger partial charge in [-0.2, -0.15) is 0 Å². The van der Waals surface area contributed by atoms with Crippen LogP contribution in [0.15, 0.2) is 28.7 Å². The number of nitrogens with one attached hydrogen (secondary N) is 1. The van der Waals surface area contributed by atoms with Gasteiger partial charge in [-0.25, -0.2) is 5.43 Å². The van der Waals surface area contributed by atoms with Gasteiger partial charge in [0.05, 0.1) is 11.1 Å². The summed E-state index contributed by atoms with van der Waals surface area (Å²) in [4.78, 5) is 0. The maximum atomic E-state index is 6.16. The van der Waals surface area contributed by atoms with E-state index in [-0.39, 0.29) is 6.04 Å². The quantitative estimate of drug-likeness (QED) is 0.658. The highest BCUT2D eigenvalue weighted by Gasteiger charge is 2.31. The van der Waals surface area contributed by atoms with E-state index in [1.807, 2.05) is 18.2 Å². The summed E-state index contributed by atoms with van der Waals surface area (Å²) in [5.74, 6) is 7.95. The average molecular weight is 279 g/mol. The van der Waals surface area contributed by atoms with Crippen LogP contribution in [0.3, 0.4) is 0 Å². The van der Waals surface area contributed by atoms with E-state index < -0.39 is 0 Å². The third kappa shape index (κ3) is 2.38. The number of para-hydroxylation sites is 1. The number of fused-ring (bicyclic) bond motifs is 1. The fourth-order valence-corrected chi connectivity index (χ4v) is 3.43. The topological polar surface area (TPSA) is 51.2 Å². The number of halogens is 1. The monoisotopic (exact) mass is 278 g/mol. The Morgan fingerprint density at radius 3 is 2.89 bits per heavy atom. The number of hydrogen-bond acceptors (Lipinski definition) is 3. The van der Waals surface area contributed by atoms with Gasteiger partial charge in [-0.15, -0.1) is 0 Å². The van der Waals surface area contributed by atoms with Gasteiger partial charge in [0.2, 0.25) is 0 Å². The van der Waals surface area contributed by atoms with Gasteiger partial charge in [-0.3, -0.25) is 5.84 Å². The predicted molar refractivity (Wildman–Crippen MR) is 77.8 cm³/mol. The molecule has 3 unspecified atom stereocenters. The van der Waals surface area contributed by atoms with Crippen LogP contribution in [0.4, 0.5) is 0 Å². The van der Waals surface area contributed by atoms with Gasteiger partial charge < -0.3 is 4.42 Å². The molecule has 0 spiro atoms. The van der Waals surface area contributed by atoms with E-state index in [4.69, 9.17) is 21.9 Å². The number of furan rings is 1. The molecule has 1 aliphatic carbocycles. The van der Waals surface area contributed by atoms with Gasteiger partial charge in [-0.1, -0.05) is 37.1 Å². The zero-order valence-electron chi connectivity index (χ0n) is 11.0. The average Bonchev–Trinajstić information content (AvgIpc) is 2.98. The fraction of sp³-hybridized carbons (Fsp3) is 0.467. The summed E-state index contributed by atoms with van der Waals surface area (Å²) in [6.45, 7) is 2.29. The number of hydrogen-bond donors (Lipinski definition) is 2. The molecule has 0 bridgehead atoms. The van der Waals surface area contributed by atoms with Crippen molar-refractivity contribution in [2.24, 2.45) is 17.7 Å². The normalized spacial score (nSPS) is 25.0. The van der Waals surface area contributed by atoms with Crippen molar-refractivity contribution in [2.45, 2.75) is 32.2 Å². The lowest BCUT2D eigenvalue weighted by atomic mass is 9.95. The SMILES string of the molecule is CC1CCC(C(NN)c2cc3cccc(Cl)c3o2)C1. The van der Waals surface area contributed by atoms with E-state index in [0.717, 1.165) is 22.6 Å². The molecule has 1 fully saturated rings. The minimum absolute atomic E-state index is 0.0772. The standard InChI is InChI=1S/C15H19ClN2O/c1-9-5-6-10(7-9)14(18-17)13-8-11-3-2-4-12(16)15(11)19-13/h2-4,8-10,14,18H,5-7,17H2,1H3. The van der Waals surface area contributed by atoms with Gasteiger partial charge in [0.25, 0.3) is 0 Å². The van der Waals surface area contributed by atoms with Crippen molar-refractivity contribution >= 4 is 22.6 Å². The Labute approximate surface area is 118 Å². The molecule has 0 amide bonds. The Bertz CT molecular complexity index is 581. The van der Waals surface area contributed by atoms with Crippen molar-refractivity contribution < 1.29 is 4.42 Å². The van der Waals surface area contributed by atoms with Crippen LogP contribution < -0.4 is 11.3 Å². The van der Waals surface area contributed by atoms with Crippen molar-refractivity contribution in [2.75, 3.05) is 0 Å². The third-order valence-electron chi connectivity index (χ3n) is 4.21. The fourth-order valence-electron chi connectivity index (χ4n) is 3.21. The zero-order valence-corrected chi connectivity index (χ0v) is 11.8. The van der Waals surface area contributed by atoms with E-state index in [1.165, 1.54) is 19.3 Å². The highest BCUT2D eigenvalue weighted by atomic mass is 35.5. The Morgan fingerprint density at radius 1 is 1.42 bits per heavy atom. The molecule has 0 aliphatic heterocycles. The maximum Gasteiger partial charge on any atom is 0.152 e. The second-order valence-electron chi connectivity index (χ2n) is 5.63. The van der Waals surface area contributed by atoms with Gasteiger partial charge in [-0.05, 0) is 36.8 Å². The minimum Gasteiger partial charge on any atom is -0.458 e. The van der Waals surface area contributed by atoms with Gasteiger partial charge >= 0.3 is 0 Å². The van der Waals surface area contributed by atoms with Crippen molar-refractivity contribution in [1.29, 1.82) is 0 Å². The molecule has 3 rings (SSSR count). The molecule has 1 aliphatic rings. The van der Waals surface area contributed by atoms with Crippen LogP contribution >= 0.6 is 11.6 Å². The number of benzene rings is 1. The first-order valence-electron chi connectivity index (χ1n) is 6.83. The Morgan fingerprint density at radius 2 is 2.26 bits per heavy atom. The zero-order chi connectivity index (χ0) is 13.4. The first kappa shape index (κ1) is 13.0. The van der Waals surface area contributed by atoms with Gasteiger partial charge in [0, 0.05) is 5.39 Å². The van der Waals surface area contributed by atoms with E-state index in [9.17, 15) is 0 Å². The Kier molecular flexibility index (Phi) is 3.52. The van der Waals surface area contributed by atoms with E-state index in [1.54, 1.807) is 0 Å². The van der Waals surface area contributed by atoms with Crippen LogP contribution in [0.5, 0.6) is 0 Å². The molecule has 3 nitrogen and oxygen atoms in total. The number of rotatable bonds is 3. The summed E-state index contributed by atoms with van der Waals surface area (Å²) in [6.07, 6.45) is 3.66. The molecule has 1 aromatic carbocycles. The molecule has 4 heteroatoms. The van der Waals surface area contributed by atoms with Crippen LogP contribution in [0.2, 0.25) is 5.02 Å². The van der Waals surface area contributed by atoms with Crippen LogP contribution in [0.25, 0.3) is 11.0 Å². The molecule has 0 saturated heterocycles. The summed E-state index contributed by atoms with van der Waals surface area (Å²) in [7, 11) is 0. The maximum absolute atomic E-state index is 6.16. The molecule has 19 heavy (non-hydrogen) atoms. The van der Waals surface area contributed by atoms with Gasteiger partial charge in [0.1, 0.15) is 5.76 Å². The first-order chi connectivity index (χ1) is 9.19. The third-order valence-corrected chi connectivity index (χ3v) is 4.51. The smallest absolute Gasteiger partial charge is 0.152 e. The summed E-state index contributed by atoms with van der Waals surface area (Å²) in [6, 6.07) is 7.92. The summed E-state index contributed by atoms with van der Waals surface area (Å²) in [5.41, 5.74) is 3.68. The first-order valence-corrected chi connectivity index (χ1v) is 7.21. The van der Waals surface area contributed by atoms with Crippen molar-refractivity contribution in [3.8, 4) is 0 Å². The Hall–Kier alpha value is -1.03. The highest BCUT2D eigenvalue weighted by Crippen LogP contribution is 2.40. The van der Waals surface area contributed by atoms with Crippen molar-refractivity contribution in [3.05, 3.63) is 35.0 Å². The predicted octanol–water partition coefficient (Wildman–Crippen LogP) is 4.03. The second-order valence-corrected chi connectivity index (χ2v) is 6.04. The molecule has 1 heterocycles. The number of hydrazine groups is 1. The molecule has 2 aromatic rings. The number of nitrogens with two attached hydrogens (primary N) is 1. The molecule has 1 aromatic heterocycles. The van der Waals surface area contributed by atoms with Crippen LogP contribution in [-0.4, -0.2) is 0 Å². The van der Waals surface area contributed by atoms with E-state index in [2.05, 4.69) is 18.4 Å². The van der Waals surface area contributed by atoms with E-state index >= 15 is 0 Å². The van der Waals surface area contributed by atoms with E-state index in [0.29, 0.717) is 10.9 Å². The summed E-state index contributed by atoms with van der Waals surface area (Å²) < 4.78 is 5.93. The summed E-state index contributed by atoms with van der Waals surface area (Å²) >= 11 is 6.16. The molecule has 1 saturated carbocycles.